The van der Waals surface area contributed by atoms with Crippen molar-refractivity contribution in [2.75, 3.05) is 18.4 Å². The van der Waals surface area contributed by atoms with Crippen LogP contribution in [-0.2, 0) is 33.6 Å². The molecule has 5 rings (SSSR count). The molecule has 1 saturated heterocycles. The Balaban J connectivity index is 1.47. The van der Waals surface area contributed by atoms with Gasteiger partial charge in [0.1, 0.15) is 47.4 Å². The number of hydrogen-bond acceptors (Lipinski definition) is 11. The lowest BCUT2D eigenvalue weighted by molar-refractivity contribution is -0.143. The minimum Gasteiger partial charge on any atom is -0.488 e. The van der Waals surface area contributed by atoms with E-state index in [1.807, 2.05) is 4.72 Å². The normalized spacial score (nSPS) is 23.3. The number of anilines is 1. The highest BCUT2D eigenvalue weighted by Gasteiger charge is 2.62. The number of hydrogen-bond donors (Lipinski definition) is 4. The zero-order valence-electron chi connectivity index (χ0n) is 32.1. The fourth-order valence-electron chi connectivity index (χ4n) is 6.54. The third-order valence-corrected chi connectivity index (χ3v) is 10.8. The molecule has 1 aliphatic heterocycles. The van der Waals surface area contributed by atoms with Crippen molar-refractivity contribution in [1.29, 1.82) is 0 Å². The van der Waals surface area contributed by atoms with Gasteiger partial charge >= 0.3 is 22.6 Å². The number of aromatic nitrogens is 1. The van der Waals surface area contributed by atoms with E-state index < -0.39 is 93.6 Å². The number of halogens is 4. The van der Waals surface area contributed by atoms with Crippen molar-refractivity contribution >= 4 is 62.4 Å². The van der Waals surface area contributed by atoms with Gasteiger partial charge in [0, 0.05) is 17.9 Å². The molecular weight excluding hydrogens is 785 g/mol. The highest BCUT2D eigenvalue weighted by molar-refractivity contribution is 7.85. The first-order valence-corrected chi connectivity index (χ1v) is 20.0. The lowest BCUT2D eigenvalue weighted by atomic mass is 9.85. The van der Waals surface area contributed by atoms with Crippen LogP contribution in [0.4, 0.5) is 23.8 Å². The first-order chi connectivity index (χ1) is 25.8. The lowest BCUT2D eigenvalue weighted by Crippen LogP contribution is -2.60. The summed E-state index contributed by atoms with van der Waals surface area (Å²) in [6.45, 7) is 10.2. The van der Waals surface area contributed by atoms with Crippen molar-refractivity contribution in [3.63, 3.8) is 0 Å². The zero-order valence-corrected chi connectivity index (χ0v) is 33.7. The summed E-state index contributed by atoms with van der Waals surface area (Å²) >= 11 is 6.38. The molecule has 4 N–H and O–H groups in total. The van der Waals surface area contributed by atoms with Gasteiger partial charge in [0.25, 0.3) is 5.91 Å². The molecule has 0 radical (unpaired) electrons. The number of alkyl carbamates (subject to hydrolysis) is 1. The average Bonchev–Trinajstić information content (AvgIpc) is 3.97. The molecule has 0 unspecified atom stereocenters. The van der Waals surface area contributed by atoms with Crippen LogP contribution in [0.5, 0.6) is 5.75 Å². The molecule has 4 amide bonds. The lowest BCUT2D eigenvalue weighted by Gasteiger charge is -2.36. The van der Waals surface area contributed by atoms with Crippen LogP contribution in [0.3, 0.4) is 0 Å². The first-order valence-electron chi connectivity index (χ1n) is 18.2. The second-order valence-corrected chi connectivity index (χ2v) is 18.2. The van der Waals surface area contributed by atoms with Crippen LogP contribution in [0.25, 0.3) is 10.9 Å². The SMILES string of the molecule is CC[C@@H]1C[C@]1(NC(=O)[C@@H]1C[C@@H](Oc2cc(NCC(F)(F)F)nc3c(Cl)cccc23)CN1C(=O)[C@@H](NC(=O)OC(C)(C)C)C(C)(C)C)C(=O)NS(=O)(=O)OC1CC1. The number of ether oxygens (including phenoxy) is 2. The summed E-state index contributed by atoms with van der Waals surface area (Å²) in [6.07, 6.45) is -5.55. The highest BCUT2D eigenvalue weighted by Crippen LogP contribution is 2.47. The number of amides is 4. The van der Waals surface area contributed by atoms with Crippen LogP contribution in [0.2, 0.25) is 5.02 Å². The molecule has 0 bridgehead atoms. The minimum atomic E-state index is -4.57. The van der Waals surface area contributed by atoms with Crippen LogP contribution in [0, 0.1) is 11.3 Å². The molecule has 310 valence electrons. The van der Waals surface area contributed by atoms with Crippen molar-refractivity contribution in [3.05, 3.63) is 29.3 Å². The number of pyridine rings is 1. The average molecular weight is 833 g/mol. The molecule has 2 aromatic rings. The van der Waals surface area contributed by atoms with Crippen LogP contribution < -0.4 is 25.4 Å². The maximum Gasteiger partial charge on any atom is 0.408 e. The summed E-state index contributed by atoms with van der Waals surface area (Å²) in [7, 11) is -4.47. The van der Waals surface area contributed by atoms with E-state index in [1.165, 1.54) is 17.0 Å². The van der Waals surface area contributed by atoms with Crippen molar-refractivity contribution in [2.24, 2.45) is 11.3 Å². The van der Waals surface area contributed by atoms with Crippen LogP contribution >= 0.6 is 11.6 Å². The molecule has 2 saturated carbocycles. The number of fused-ring (bicyclic) bond motifs is 1. The van der Waals surface area contributed by atoms with E-state index in [-0.39, 0.29) is 41.5 Å². The molecule has 3 fully saturated rings. The van der Waals surface area contributed by atoms with Gasteiger partial charge in [-0.3, -0.25) is 18.6 Å². The predicted molar refractivity (Wildman–Crippen MR) is 199 cm³/mol. The van der Waals surface area contributed by atoms with E-state index in [4.69, 9.17) is 25.3 Å². The Kier molecular flexibility index (Phi) is 12.1. The molecule has 5 atom stereocenters. The van der Waals surface area contributed by atoms with Crippen molar-refractivity contribution in [1.82, 2.24) is 25.2 Å². The smallest absolute Gasteiger partial charge is 0.408 e. The van der Waals surface area contributed by atoms with E-state index in [2.05, 4.69) is 20.9 Å². The number of likely N-dealkylation sites (tertiary alicyclic amines) is 1. The number of benzene rings is 1. The fourth-order valence-corrected chi connectivity index (χ4v) is 7.77. The summed E-state index contributed by atoms with van der Waals surface area (Å²) in [5.41, 5.74) is -3.32. The van der Waals surface area contributed by atoms with Gasteiger partial charge in [0.05, 0.1) is 23.2 Å². The molecule has 3 aliphatic rings. The van der Waals surface area contributed by atoms with E-state index in [0.29, 0.717) is 24.6 Å². The quantitative estimate of drug-likeness (QED) is 0.213. The third-order valence-electron chi connectivity index (χ3n) is 9.49. The fraction of sp³-hybridized carbons (Fsp3) is 0.639. The summed E-state index contributed by atoms with van der Waals surface area (Å²) in [5.74, 6) is -3.04. The van der Waals surface area contributed by atoms with Gasteiger partial charge in [0.2, 0.25) is 11.8 Å². The van der Waals surface area contributed by atoms with Gasteiger partial charge in [-0.2, -0.15) is 21.6 Å². The largest absolute Gasteiger partial charge is 0.488 e. The number of rotatable bonds is 13. The first kappa shape index (κ1) is 43.0. The Morgan fingerprint density at radius 2 is 1.75 bits per heavy atom. The molecule has 15 nitrogen and oxygen atoms in total. The summed E-state index contributed by atoms with van der Waals surface area (Å²) < 4.78 is 83.3. The van der Waals surface area contributed by atoms with Gasteiger partial charge in [-0.15, -0.1) is 0 Å². The number of carbonyl (C=O) groups is 4. The van der Waals surface area contributed by atoms with Gasteiger partial charge in [0.15, 0.2) is 0 Å². The predicted octanol–water partition coefficient (Wildman–Crippen LogP) is 4.98. The number of para-hydroxylation sites is 1. The molecular formula is C36H48ClF3N6O9S. The number of nitrogens with zero attached hydrogens (tertiary/aromatic N) is 2. The van der Waals surface area contributed by atoms with Crippen molar-refractivity contribution in [2.45, 2.75) is 122 Å². The van der Waals surface area contributed by atoms with Crippen molar-refractivity contribution < 1.29 is 54.4 Å². The zero-order chi connectivity index (χ0) is 41.6. The van der Waals surface area contributed by atoms with Crippen LogP contribution in [-0.4, -0.2) is 96.8 Å². The topological polar surface area (TPSA) is 194 Å². The van der Waals surface area contributed by atoms with Crippen molar-refractivity contribution in [3.8, 4) is 5.75 Å². The second-order valence-electron chi connectivity index (χ2n) is 16.5. The van der Waals surface area contributed by atoms with Gasteiger partial charge in [-0.1, -0.05) is 51.8 Å². The summed E-state index contributed by atoms with van der Waals surface area (Å²) in [4.78, 5) is 60.8. The van der Waals surface area contributed by atoms with Gasteiger partial charge in [-0.05, 0) is 63.5 Å². The van der Waals surface area contributed by atoms with E-state index in [0.717, 1.165) is 0 Å². The molecule has 2 aliphatic carbocycles. The number of alkyl halides is 3. The van der Waals surface area contributed by atoms with E-state index >= 15 is 0 Å². The van der Waals surface area contributed by atoms with E-state index in [1.54, 1.807) is 60.6 Å². The standard InChI is InChI=1S/C36H48ClF3N6O9S/c1-8-19-16-35(19,31(49)45-56(51,52)55-20-12-13-20)44-29(47)24-14-21(17-46(24)30(48)28(33(2,3)4)43-32(50)54-34(5,6)7)53-25-15-26(41-18-36(38,39)40)42-27-22(25)10-9-11-23(27)37/h9-11,15,19-21,24,28H,8,12-14,16-18H2,1-7H3,(H,41,42)(H,43,50)(H,44,47)(H,45,49)/t19-,21-,24+,28-,35-/m1/s1. The Hall–Kier alpha value is -4.10. The molecule has 56 heavy (non-hydrogen) atoms. The molecule has 1 aromatic heterocycles. The number of nitrogens with one attached hydrogen (secondary N) is 4. The highest BCUT2D eigenvalue weighted by atomic mass is 35.5. The maximum atomic E-state index is 14.5. The van der Waals surface area contributed by atoms with Gasteiger partial charge in [-0.25, -0.2) is 14.5 Å². The van der Waals surface area contributed by atoms with Crippen LogP contribution in [0.15, 0.2) is 24.3 Å². The second kappa shape index (κ2) is 15.7. The minimum absolute atomic E-state index is 0.0600. The summed E-state index contributed by atoms with van der Waals surface area (Å²) in [6, 6.07) is 3.40. The molecule has 0 spiro atoms. The Morgan fingerprint density at radius 3 is 2.32 bits per heavy atom. The molecule has 1 aromatic carbocycles. The van der Waals surface area contributed by atoms with E-state index in [9.17, 15) is 40.8 Å². The Bertz CT molecular complexity index is 1970. The van der Waals surface area contributed by atoms with Gasteiger partial charge < -0.3 is 30.3 Å². The van der Waals surface area contributed by atoms with Crippen LogP contribution in [0.1, 0.15) is 80.6 Å². The third kappa shape index (κ3) is 10.6. The Labute approximate surface area is 328 Å². The molecule has 2 heterocycles. The maximum absolute atomic E-state index is 14.5. The summed E-state index contributed by atoms with van der Waals surface area (Å²) in [5, 5.41) is 8.05. The Morgan fingerprint density at radius 1 is 1.07 bits per heavy atom. The monoisotopic (exact) mass is 832 g/mol. The number of carbonyl (C=O) groups excluding carboxylic acids is 4. The molecule has 20 heteroatoms.